The van der Waals surface area contributed by atoms with Gasteiger partial charge in [-0.2, -0.15) is 0 Å². The number of ether oxygens (including phenoxy) is 1. The molecule has 1 atom stereocenters. The Morgan fingerprint density at radius 1 is 1.05 bits per heavy atom. The number of nitrogens with one attached hydrogen (secondary N) is 1. The minimum absolute atomic E-state index is 0.127. The maximum atomic E-state index is 12.4. The summed E-state index contributed by atoms with van der Waals surface area (Å²) in [4.78, 5) is 12.4. The number of rotatable bonds is 3. The first-order valence-corrected chi connectivity index (χ1v) is 8.19. The average Bonchev–Trinajstić information content (AvgIpc) is 2.88. The Morgan fingerprint density at radius 3 is 2.32 bits per heavy atom. The minimum Gasteiger partial charge on any atom is -0.464 e. The van der Waals surface area contributed by atoms with Crippen LogP contribution in [-0.4, -0.2) is 25.2 Å². The molecule has 4 bridgehead atoms. The van der Waals surface area contributed by atoms with Crippen LogP contribution in [-0.2, 0) is 9.53 Å². The van der Waals surface area contributed by atoms with Crippen LogP contribution < -0.4 is 5.32 Å². The molecule has 4 aliphatic carbocycles. The predicted octanol–water partition coefficient (Wildman–Crippen LogP) is 2.35. The van der Waals surface area contributed by atoms with E-state index in [9.17, 15) is 4.79 Å². The standard InChI is InChI=1S/C16H25NO2/c18-16(19-9-14-2-1-3-17-14)15-12-5-10-4-11(7-12)8-13(15)6-10/h10-15,17H,1-9H2. The van der Waals surface area contributed by atoms with Crippen molar-refractivity contribution in [3.63, 3.8) is 0 Å². The van der Waals surface area contributed by atoms with Crippen LogP contribution in [0.25, 0.3) is 0 Å². The van der Waals surface area contributed by atoms with Gasteiger partial charge in [-0.1, -0.05) is 0 Å². The van der Waals surface area contributed by atoms with Gasteiger partial charge in [0.1, 0.15) is 6.61 Å². The van der Waals surface area contributed by atoms with E-state index in [1.807, 2.05) is 0 Å². The van der Waals surface area contributed by atoms with Gasteiger partial charge >= 0.3 is 5.97 Å². The Hall–Kier alpha value is -0.570. The van der Waals surface area contributed by atoms with E-state index in [4.69, 9.17) is 4.74 Å². The van der Waals surface area contributed by atoms with Crippen LogP contribution in [0.1, 0.15) is 44.9 Å². The van der Waals surface area contributed by atoms with E-state index in [-0.39, 0.29) is 11.9 Å². The zero-order chi connectivity index (χ0) is 12.8. The second kappa shape index (κ2) is 4.76. The van der Waals surface area contributed by atoms with Gasteiger partial charge in [0.05, 0.1) is 5.92 Å². The lowest BCUT2D eigenvalue weighted by Gasteiger charge is -2.53. The molecule has 0 radical (unpaired) electrons. The van der Waals surface area contributed by atoms with Crippen molar-refractivity contribution in [3.05, 3.63) is 0 Å². The zero-order valence-electron chi connectivity index (χ0n) is 11.6. The van der Waals surface area contributed by atoms with E-state index >= 15 is 0 Å². The van der Waals surface area contributed by atoms with Gasteiger partial charge in [-0.15, -0.1) is 0 Å². The average molecular weight is 263 g/mol. The molecule has 0 aromatic carbocycles. The molecule has 106 valence electrons. The predicted molar refractivity (Wildman–Crippen MR) is 72.5 cm³/mol. The third kappa shape index (κ3) is 2.20. The first-order chi connectivity index (χ1) is 9.29. The van der Waals surface area contributed by atoms with Crippen LogP contribution in [0, 0.1) is 29.6 Å². The lowest BCUT2D eigenvalue weighted by molar-refractivity contribution is -0.163. The monoisotopic (exact) mass is 263 g/mol. The molecule has 0 spiro atoms. The van der Waals surface area contributed by atoms with Gasteiger partial charge < -0.3 is 10.1 Å². The Kier molecular flexibility index (Phi) is 3.06. The summed E-state index contributed by atoms with van der Waals surface area (Å²) in [6, 6.07) is 0.417. The summed E-state index contributed by atoms with van der Waals surface area (Å²) in [5, 5.41) is 3.40. The van der Waals surface area contributed by atoms with Crippen molar-refractivity contribution >= 4 is 5.97 Å². The summed E-state index contributed by atoms with van der Waals surface area (Å²) in [5.74, 6) is 3.54. The van der Waals surface area contributed by atoms with Crippen LogP contribution in [0.3, 0.4) is 0 Å². The fourth-order valence-corrected chi connectivity index (χ4v) is 5.49. The quantitative estimate of drug-likeness (QED) is 0.794. The Bertz CT molecular complexity index is 334. The van der Waals surface area contributed by atoms with E-state index in [1.54, 1.807) is 0 Å². The molecule has 1 aliphatic heterocycles. The van der Waals surface area contributed by atoms with E-state index < -0.39 is 0 Å². The summed E-state index contributed by atoms with van der Waals surface area (Å²) in [5.41, 5.74) is 0. The molecule has 1 saturated heterocycles. The molecule has 3 heteroatoms. The highest BCUT2D eigenvalue weighted by Gasteiger charge is 2.51. The van der Waals surface area contributed by atoms with Crippen LogP contribution >= 0.6 is 0 Å². The molecular formula is C16H25NO2. The molecule has 5 fully saturated rings. The molecule has 0 aromatic heterocycles. The number of esters is 1. The molecule has 4 saturated carbocycles. The number of hydrogen-bond donors (Lipinski definition) is 1. The van der Waals surface area contributed by atoms with Crippen LogP contribution in [0.15, 0.2) is 0 Å². The van der Waals surface area contributed by atoms with Gasteiger partial charge in [-0.3, -0.25) is 4.79 Å². The molecule has 0 aromatic rings. The van der Waals surface area contributed by atoms with Crippen molar-refractivity contribution in [2.75, 3.05) is 13.2 Å². The molecule has 1 unspecified atom stereocenters. The van der Waals surface area contributed by atoms with Gasteiger partial charge in [0.15, 0.2) is 0 Å². The highest BCUT2D eigenvalue weighted by molar-refractivity contribution is 5.73. The Balaban J connectivity index is 1.37. The Morgan fingerprint density at radius 2 is 1.74 bits per heavy atom. The van der Waals surface area contributed by atoms with Gasteiger partial charge in [-0.05, 0) is 75.2 Å². The number of carbonyl (C=O) groups excluding carboxylic acids is 1. The van der Waals surface area contributed by atoms with Crippen LogP contribution in [0.5, 0.6) is 0 Å². The maximum Gasteiger partial charge on any atom is 0.309 e. The lowest BCUT2D eigenvalue weighted by atomic mass is 9.52. The van der Waals surface area contributed by atoms with Crippen molar-refractivity contribution < 1.29 is 9.53 Å². The SMILES string of the molecule is O=C(OCC1CCCN1)C1C2CC3CC(C2)CC1C3. The second-order valence-electron chi connectivity index (χ2n) is 7.38. The first kappa shape index (κ1) is 12.2. The number of hydrogen-bond acceptors (Lipinski definition) is 3. The fourth-order valence-electron chi connectivity index (χ4n) is 5.49. The zero-order valence-corrected chi connectivity index (χ0v) is 11.6. The molecule has 3 nitrogen and oxygen atoms in total. The topological polar surface area (TPSA) is 38.3 Å². The molecule has 5 rings (SSSR count). The third-order valence-corrected chi connectivity index (χ3v) is 6.09. The smallest absolute Gasteiger partial charge is 0.309 e. The third-order valence-electron chi connectivity index (χ3n) is 6.09. The van der Waals surface area contributed by atoms with E-state index in [2.05, 4.69) is 5.32 Å². The molecule has 1 N–H and O–H groups in total. The van der Waals surface area contributed by atoms with Gasteiger partial charge in [0.2, 0.25) is 0 Å². The fraction of sp³-hybridized carbons (Fsp3) is 0.938. The van der Waals surface area contributed by atoms with Crippen molar-refractivity contribution in [1.82, 2.24) is 5.32 Å². The Labute approximate surface area is 115 Å². The van der Waals surface area contributed by atoms with Crippen molar-refractivity contribution in [2.45, 2.75) is 51.0 Å². The summed E-state index contributed by atoms with van der Waals surface area (Å²) in [6.07, 6.45) is 9.03. The summed E-state index contributed by atoms with van der Waals surface area (Å²) >= 11 is 0. The summed E-state index contributed by atoms with van der Waals surface area (Å²) < 4.78 is 5.65. The normalized spacial score (nSPS) is 47.6. The molecule has 0 amide bonds. The minimum atomic E-state index is 0.127. The number of carbonyl (C=O) groups is 1. The maximum absolute atomic E-state index is 12.4. The van der Waals surface area contributed by atoms with Gasteiger partial charge in [0, 0.05) is 6.04 Å². The summed E-state index contributed by atoms with van der Waals surface area (Å²) in [7, 11) is 0. The molecule has 19 heavy (non-hydrogen) atoms. The largest absolute Gasteiger partial charge is 0.464 e. The summed E-state index contributed by atoms with van der Waals surface area (Å²) in [6.45, 7) is 1.68. The van der Waals surface area contributed by atoms with Crippen molar-refractivity contribution in [2.24, 2.45) is 29.6 Å². The highest BCUT2D eigenvalue weighted by atomic mass is 16.5. The first-order valence-electron chi connectivity index (χ1n) is 8.19. The van der Waals surface area contributed by atoms with E-state index in [0.29, 0.717) is 24.5 Å². The highest BCUT2D eigenvalue weighted by Crippen LogP contribution is 2.56. The van der Waals surface area contributed by atoms with Crippen LogP contribution in [0.4, 0.5) is 0 Å². The van der Waals surface area contributed by atoms with Gasteiger partial charge in [-0.25, -0.2) is 0 Å². The van der Waals surface area contributed by atoms with Gasteiger partial charge in [0.25, 0.3) is 0 Å². The molecular weight excluding hydrogens is 238 g/mol. The van der Waals surface area contributed by atoms with Crippen molar-refractivity contribution in [1.29, 1.82) is 0 Å². The van der Waals surface area contributed by atoms with Crippen molar-refractivity contribution in [3.8, 4) is 0 Å². The second-order valence-corrected chi connectivity index (χ2v) is 7.38. The van der Waals surface area contributed by atoms with Crippen LogP contribution in [0.2, 0.25) is 0 Å². The molecule has 1 heterocycles. The lowest BCUT2D eigenvalue weighted by Crippen LogP contribution is -2.48. The van der Waals surface area contributed by atoms with E-state index in [0.717, 1.165) is 24.8 Å². The van der Waals surface area contributed by atoms with E-state index in [1.165, 1.54) is 38.5 Å². The molecule has 5 aliphatic rings.